The Labute approximate surface area is 98.1 Å². The second kappa shape index (κ2) is 6.55. The highest BCUT2D eigenvalue weighted by Gasteiger charge is 2.39. The van der Waals surface area contributed by atoms with Gasteiger partial charge in [0.25, 0.3) is 0 Å². The van der Waals surface area contributed by atoms with Gasteiger partial charge in [-0.05, 0) is 32.1 Å². The van der Waals surface area contributed by atoms with E-state index in [4.69, 9.17) is 15.2 Å². The van der Waals surface area contributed by atoms with Crippen molar-refractivity contribution in [1.82, 2.24) is 0 Å². The monoisotopic (exact) mass is 231 g/mol. The average Bonchev–Trinajstić information content (AvgIpc) is 2.62. The number of nitrogens with two attached hydrogens (primary N) is 1. The normalized spacial score (nSPS) is 31.9. The highest BCUT2D eigenvalue weighted by molar-refractivity contribution is 4.92. The van der Waals surface area contributed by atoms with Gasteiger partial charge < -0.3 is 20.3 Å². The number of hydrogen-bond acceptors (Lipinski definition) is 4. The van der Waals surface area contributed by atoms with Gasteiger partial charge in [-0.3, -0.25) is 0 Å². The minimum absolute atomic E-state index is 0.123. The van der Waals surface area contributed by atoms with Crippen LogP contribution in [0.4, 0.5) is 0 Å². The van der Waals surface area contributed by atoms with Crippen molar-refractivity contribution < 1.29 is 14.6 Å². The lowest BCUT2D eigenvalue weighted by Crippen LogP contribution is -2.41. The Bertz CT molecular complexity index is 201. The fourth-order valence-corrected chi connectivity index (χ4v) is 2.50. The van der Waals surface area contributed by atoms with Crippen molar-refractivity contribution in [1.29, 1.82) is 0 Å². The summed E-state index contributed by atoms with van der Waals surface area (Å²) in [6.45, 7) is 3.65. The van der Waals surface area contributed by atoms with Crippen LogP contribution in [0.15, 0.2) is 0 Å². The van der Waals surface area contributed by atoms with Crippen LogP contribution in [0.1, 0.15) is 32.6 Å². The van der Waals surface area contributed by atoms with Crippen molar-refractivity contribution in [2.45, 2.75) is 44.3 Å². The highest BCUT2D eigenvalue weighted by Crippen LogP contribution is 2.37. The molecular formula is C12H25NO3. The van der Waals surface area contributed by atoms with E-state index in [1.807, 2.05) is 6.92 Å². The third-order valence-electron chi connectivity index (χ3n) is 3.55. The largest absolute Gasteiger partial charge is 0.388 e. The van der Waals surface area contributed by atoms with E-state index in [0.29, 0.717) is 25.7 Å². The van der Waals surface area contributed by atoms with Crippen LogP contribution in [0.5, 0.6) is 0 Å². The summed E-state index contributed by atoms with van der Waals surface area (Å²) in [6.07, 6.45) is 3.99. The van der Waals surface area contributed by atoms with Crippen LogP contribution < -0.4 is 5.73 Å². The summed E-state index contributed by atoms with van der Waals surface area (Å²) in [7, 11) is 1.67. The molecular weight excluding hydrogens is 206 g/mol. The van der Waals surface area contributed by atoms with E-state index in [1.165, 1.54) is 0 Å². The van der Waals surface area contributed by atoms with E-state index >= 15 is 0 Å². The average molecular weight is 231 g/mol. The van der Waals surface area contributed by atoms with Crippen LogP contribution in [0.2, 0.25) is 0 Å². The molecule has 0 radical (unpaired) electrons. The zero-order chi connectivity index (χ0) is 12.0. The summed E-state index contributed by atoms with van der Waals surface area (Å²) in [4.78, 5) is 0. The molecule has 4 heteroatoms. The van der Waals surface area contributed by atoms with Crippen LogP contribution in [-0.4, -0.2) is 43.7 Å². The van der Waals surface area contributed by atoms with Crippen LogP contribution in [0.3, 0.4) is 0 Å². The van der Waals surface area contributed by atoms with Gasteiger partial charge in [-0.25, -0.2) is 0 Å². The second-order valence-corrected chi connectivity index (χ2v) is 4.82. The second-order valence-electron chi connectivity index (χ2n) is 4.82. The summed E-state index contributed by atoms with van der Waals surface area (Å²) >= 11 is 0. The predicted molar refractivity (Wildman–Crippen MR) is 63.3 cm³/mol. The Morgan fingerprint density at radius 2 is 2.31 bits per heavy atom. The Balaban J connectivity index is 2.22. The van der Waals surface area contributed by atoms with E-state index in [-0.39, 0.29) is 6.10 Å². The van der Waals surface area contributed by atoms with Gasteiger partial charge in [0, 0.05) is 20.3 Å². The van der Waals surface area contributed by atoms with E-state index in [9.17, 15) is 5.11 Å². The fourth-order valence-electron chi connectivity index (χ4n) is 2.50. The molecule has 1 saturated carbocycles. The maximum Gasteiger partial charge on any atom is 0.0798 e. The Morgan fingerprint density at radius 3 is 2.94 bits per heavy atom. The highest BCUT2D eigenvalue weighted by atomic mass is 16.5. The van der Waals surface area contributed by atoms with Crippen LogP contribution in [0.25, 0.3) is 0 Å². The summed E-state index contributed by atoms with van der Waals surface area (Å²) in [5, 5.41) is 10.2. The molecule has 1 rings (SSSR count). The Morgan fingerprint density at radius 1 is 1.56 bits per heavy atom. The predicted octanol–water partition coefficient (Wildman–Crippen LogP) is 0.918. The first-order valence-corrected chi connectivity index (χ1v) is 6.15. The van der Waals surface area contributed by atoms with Gasteiger partial charge in [-0.2, -0.15) is 0 Å². The van der Waals surface area contributed by atoms with Gasteiger partial charge in [-0.1, -0.05) is 6.42 Å². The van der Waals surface area contributed by atoms with Crippen LogP contribution in [0, 0.1) is 5.92 Å². The zero-order valence-corrected chi connectivity index (χ0v) is 10.4. The standard InChI is InChI=1S/C12H25NO3/c1-10(8-15-2)16-7-5-11-4-3-6-12(11,14)9-13/h10-11,14H,3-9,13H2,1-2H3. The van der Waals surface area contributed by atoms with Crippen molar-refractivity contribution in [2.75, 3.05) is 26.9 Å². The lowest BCUT2D eigenvalue weighted by Gasteiger charge is -2.28. The molecule has 0 amide bonds. The van der Waals surface area contributed by atoms with Gasteiger partial charge in [0.15, 0.2) is 0 Å². The molecule has 0 aliphatic heterocycles. The lowest BCUT2D eigenvalue weighted by atomic mass is 9.88. The van der Waals surface area contributed by atoms with Crippen molar-refractivity contribution in [2.24, 2.45) is 11.7 Å². The fraction of sp³-hybridized carbons (Fsp3) is 1.00. The summed E-state index contributed by atoms with van der Waals surface area (Å²) < 4.78 is 10.6. The summed E-state index contributed by atoms with van der Waals surface area (Å²) in [5.74, 6) is 0.298. The van der Waals surface area contributed by atoms with Crippen LogP contribution >= 0.6 is 0 Å². The molecule has 1 fully saturated rings. The van der Waals surface area contributed by atoms with Crippen molar-refractivity contribution >= 4 is 0 Å². The molecule has 0 aromatic carbocycles. The molecule has 0 bridgehead atoms. The molecule has 0 saturated heterocycles. The Kier molecular flexibility index (Phi) is 5.69. The van der Waals surface area contributed by atoms with Crippen molar-refractivity contribution in [3.05, 3.63) is 0 Å². The first-order valence-electron chi connectivity index (χ1n) is 6.15. The third kappa shape index (κ3) is 3.70. The summed E-state index contributed by atoms with van der Waals surface area (Å²) in [5.41, 5.74) is 4.98. The minimum atomic E-state index is -0.645. The molecule has 0 aromatic rings. The number of hydrogen-bond donors (Lipinski definition) is 2. The zero-order valence-electron chi connectivity index (χ0n) is 10.4. The molecule has 0 aromatic heterocycles. The van der Waals surface area contributed by atoms with Gasteiger partial charge in [-0.15, -0.1) is 0 Å². The molecule has 3 atom stereocenters. The molecule has 3 N–H and O–H groups in total. The maximum atomic E-state index is 10.2. The molecule has 96 valence electrons. The Hall–Kier alpha value is -0.160. The van der Waals surface area contributed by atoms with E-state index in [2.05, 4.69) is 0 Å². The van der Waals surface area contributed by atoms with Gasteiger partial charge in [0.1, 0.15) is 0 Å². The smallest absolute Gasteiger partial charge is 0.0798 e. The number of aliphatic hydroxyl groups is 1. The van der Waals surface area contributed by atoms with Crippen molar-refractivity contribution in [3.8, 4) is 0 Å². The number of rotatable bonds is 7. The quantitative estimate of drug-likeness (QED) is 0.684. The van der Waals surface area contributed by atoms with Crippen molar-refractivity contribution in [3.63, 3.8) is 0 Å². The maximum absolute atomic E-state index is 10.2. The number of methoxy groups -OCH3 is 1. The molecule has 4 nitrogen and oxygen atoms in total. The van der Waals surface area contributed by atoms with Crippen LogP contribution in [-0.2, 0) is 9.47 Å². The molecule has 3 unspecified atom stereocenters. The van der Waals surface area contributed by atoms with Gasteiger partial charge in [0.05, 0.1) is 18.3 Å². The van der Waals surface area contributed by atoms with Gasteiger partial charge in [0.2, 0.25) is 0 Å². The first-order chi connectivity index (χ1) is 7.62. The lowest BCUT2D eigenvalue weighted by molar-refractivity contribution is -0.0268. The first kappa shape index (κ1) is 13.9. The van der Waals surface area contributed by atoms with E-state index in [1.54, 1.807) is 7.11 Å². The summed E-state index contributed by atoms with van der Waals surface area (Å²) in [6, 6.07) is 0. The third-order valence-corrected chi connectivity index (χ3v) is 3.55. The van der Waals surface area contributed by atoms with E-state index < -0.39 is 5.60 Å². The molecule has 0 heterocycles. The van der Waals surface area contributed by atoms with E-state index in [0.717, 1.165) is 25.7 Å². The molecule has 1 aliphatic carbocycles. The molecule has 16 heavy (non-hydrogen) atoms. The minimum Gasteiger partial charge on any atom is -0.388 e. The molecule has 1 aliphatic rings. The van der Waals surface area contributed by atoms with Gasteiger partial charge >= 0.3 is 0 Å². The molecule has 0 spiro atoms. The SMILES string of the molecule is COCC(C)OCCC1CCCC1(O)CN. The number of ether oxygens (including phenoxy) is 2. The topological polar surface area (TPSA) is 64.7 Å².